The summed E-state index contributed by atoms with van der Waals surface area (Å²) >= 11 is 1.40. The van der Waals surface area contributed by atoms with Crippen molar-refractivity contribution >= 4 is 17.2 Å². The monoisotopic (exact) mass is 206 g/mol. The van der Waals surface area contributed by atoms with Crippen molar-refractivity contribution in [3.05, 3.63) is 30.5 Å². The zero-order valence-electron chi connectivity index (χ0n) is 7.73. The molecule has 0 fully saturated rings. The van der Waals surface area contributed by atoms with Gasteiger partial charge in [0.1, 0.15) is 5.75 Å². The van der Waals surface area contributed by atoms with E-state index in [1.54, 1.807) is 13.3 Å². The summed E-state index contributed by atoms with van der Waals surface area (Å²) in [5.41, 5.74) is 7.56. The molecule has 1 aromatic carbocycles. The highest BCUT2D eigenvalue weighted by molar-refractivity contribution is 7.10. The third kappa shape index (κ3) is 1.56. The summed E-state index contributed by atoms with van der Waals surface area (Å²) in [6.45, 7) is 0. The van der Waals surface area contributed by atoms with Crippen LogP contribution in [0.15, 0.2) is 30.5 Å². The maximum absolute atomic E-state index is 5.76. The minimum atomic E-state index is 0.722. The standard InChI is InChI=1S/C10H10N2OS/c1-13-8-4-2-7(3-5-8)10-9(11)6-12-14-10/h2-6H,11H2,1H3. The molecule has 3 nitrogen and oxygen atoms in total. The summed E-state index contributed by atoms with van der Waals surface area (Å²) in [5, 5.41) is 0. The van der Waals surface area contributed by atoms with Gasteiger partial charge in [0.25, 0.3) is 0 Å². The summed E-state index contributed by atoms with van der Waals surface area (Å²) in [6, 6.07) is 7.77. The summed E-state index contributed by atoms with van der Waals surface area (Å²) < 4.78 is 9.10. The molecule has 72 valence electrons. The van der Waals surface area contributed by atoms with Gasteiger partial charge in [0.05, 0.1) is 23.9 Å². The van der Waals surface area contributed by atoms with Crippen molar-refractivity contribution in [2.24, 2.45) is 0 Å². The predicted molar refractivity (Wildman–Crippen MR) is 58.5 cm³/mol. The van der Waals surface area contributed by atoms with Crippen LogP contribution in [-0.4, -0.2) is 11.5 Å². The number of anilines is 1. The zero-order chi connectivity index (χ0) is 9.97. The molecule has 0 amide bonds. The highest BCUT2D eigenvalue weighted by Gasteiger charge is 2.04. The maximum Gasteiger partial charge on any atom is 0.118 e. The Morgan fingerprint density at radius 3 is 2.50 bits per heavy atom. The van der Waals surface area contributed by atoms with Gasteiger partial charge in [-0.15, -0.1) is 0 Å². The lowest BCUT2D eigenvalue weighted by Gasteiger charge is -2.01. The van der Waals surface area contributed by atoms with Crippen LogP contribution in [0.5, 0.6) is 5.75 Å². The number of nitrogen functional groups attached to an aromatic ring is 1. The number of rotatable bonds is 2. The Bertz CT molecular complexity index is 422. The number of hydrogen-bond acceptors (Lipinski definition) is 4. The van der Waals surface area contributed by atoms with Crippen molar-refractivity contribution in [1.82, 2.24) is 4.37 Å². The van der Waals surface area contributed by atoms with Gasteiger partial charge in [0.15, 0.2) is 0 Å². The molecular weight excluding hydrogens is 196 g/mol. The van der Waals surface area contributed by atoms with E-state index in [2.05, 4.69) is 4.37 Å². The van der Waals surface area contributed by atoms with E-state index in [1.165, 1.54) is 11.5 Å². The largest absolute Gasteiger partial charge is 0.497 e. The second-order valence-corrected chi connectivity index (χ2v) is 3.64. The normalized spacial score (nSPS) is 10.1. The van der Waals surface area contributed by atoms with E-state index in [0.29, 0.717) is 0 Å². The molecule has 14 heavy (non-hydrogen) atoms. The summed E-state index contributed by atoms with van der Waals surface area (Å²) in [7, 11) is 1.65. The molecule has 0 aliphatic rings. The molecule has 0 unspecified atom stereocenters. The van der Waals surface area contributed by atoms with Crippen molar-refractivity contribution in [3.63, 3.8) is 0 Å². The number of benzene rings is 1. The summed E-state index contributed by atoms with van der Waals surface area (Å²) in [6.07, 6.45) is 1.67. The molecule has 0 aliphatic carbocycles. The summed E-state index contributed by atoms with van der Waals surface area (Å²) in [4.78, 5) is 1.01. The lowest BCUT2D eigenvalue weighted by Crippen LogP contribution is -1.85. The van der Waals surface area contributed by atoms with Crippen LogP contribution in [0, 0.1) is 0 Å². The van der Waals surface area contributed by atoms with Gasteiger partial charge in [-0.2, -0.15) is 4.37 Å². The van der Waals surface area contributed by atoms with Gasteiger partial charge < -0.3 is 10.5 Å². The fourth-order valence-corrected chi connectivity index (χ4v) is 1.88. The molecule has 0 bridgehead atoms. The predicted octanol–water partition coefficient (Wildman–Crippen LogP) is 2.40. The number of nitrogens with two attached hydrogens (primary N) is 1. The van der Waals surface area contributed by atoms with E-state index in [4.69, 9.17) is 10.5 Å². The lowest BCUT2D eigenvalue weighted by molar-refractivity contribution is 0.415. The fourth-order valence-electron chi connectivity index (χ4n) is 1.21. The molecule has 0 saturated heterocycles. The van der Waals surface area contributed by atoms with Crippen LogP contribution in [-0.2, 0) is 0 Å². The topological polar surface area (TPSA) is 48.1 Å². The van der Waals surface area contributed by atoms with Gasteiger partial charge in [-0.25, -0.2) is 0 Å². The van der Waals surface area contributed by atoms with Crippen LogP contribution in [0.1, 0.15) is 0 Å². The SMILES string of the molecule is COc1ccc(-c2sncc2N)cc1. The number of methoxy groups -OCH3 is 1. The molecule has 0 aliphatic heterocycles. The smallest absolute Gasteiger partial charge is 0.118 e. The van der Waals surface area contributed by atoms with Gasteiger partial charge >= 0.3 is 0 Å². The van der Waals surface area contributed by atoms with Crippen molar-refractivity contribution in [2.45, 2.75) is 0 Å². The number of hydrogen-bond donors (Lipinski definition) is 1. The van der Waals surface area contributed by atoms with E-state index in [-0.39, 0.29) is 0 Å². The van der Waals surface area contributed by atoms with E-state index in [0.717, 1.165) is 21.9 Å². The third-order valence-corrected chi connectivity index (χ3v) is 2.81. The van der Waals surface area contributed by atoms with Gasteiger partial charge in [-0.3, -0.25) is 0 Å². The minimum absolute atomic E-state index is 0.722. The number of nitrogens with zero attached hydrogens (tertiary/aromatic N) is 1. The summed E-state index contributed by atoms with van der Waals surface area (Å²) in [5.74, 6) is 0.844. The lowest BCUT2D eigenvalue weighted by atomic mass is 10.2. The van der Waals surface area contributed by atoms with Crippen molar-refractivity contribution in [1.29, 1.82) is 0 Å². The Morgan fingerprint density at radius 1 is 1.29 bits per heavy atom. The van der Waals surface area contributed by atoms with Crippen molar-refractivity contribution in [2.75, 3.05) is 12.8 Å². The van der Waals surface area contributed by atoms with Crippen LogP contribution in [0.25, 0.3) is 10.4 Å². The van der Waals surface area contributed by atoms with Gasteiger partial charge in [0, 0.05) is 0 Å². The molecule has 0 atom stereocenters. The van der Waals surface area contributed by atoms with Gasteiger partial charge in [-0.1, -0.05) is 0 Å². The molecule has 1 aromatic heterocycles. The van der Waals surface area contributed by atoms with Gasteiger partial charge in [0.2, 0.25) is 0 Å². The minimum Gasteiger partial charge on any atom is -0.497 e. The highest BCUT2D eigenvalue weighted by atomic mass is 32.1. The Hall–Kier alpha value is -1.55. The fraction of sp³-hybridized carbons (Fsp3) is 0.100. The maximum atomic E-state index is 5.76. The Kier molecular flexibility index (Phi) is 2.37. The van der Waals surface area contributed by atoms with Crippen molar-refractivity contribution < 1.29 is 4.74 Å². The zero-order valence-corrected chi connectivity index (χ0v) is 8.54. The molecule has 2 aromatic rings. The second-order valence-electron chi connectivity index (χ2n) is 2.84. The molecule has 2 N–H and O–H groups in total. The van der Waals surface area contributed by atoms with E-state index >= 15 is 0 Å². The number of ether oxygens (including phenoxy) is 1. The molecule has 1 heterocycles. The van der Waals surface area contributed by atoms with Crippen LogP contribution >= 0.6 is 11.5 Å². The van der Waals surface area contributed by atoms with Crippen LogP contribution in [0.3, 0.4) is 0 Å². The van der Waals surface area contributed by atoms with E-state index < -0.39 is 0 Å². The molecule has 2 rings (SSSR count). The highest BCUT2D eigenvalue weighted by Crippen LogP contribution is 2.30. The molecule has 4 heteroatoms. The first kappa shape index (κ1) is 9.02. The Labute approximate surface area is 86.3 Å². The average molecular weight is 206 g/mol. The first-order valence-corrected chi connectivity index (χ1v) is 4.93. The molecule has 0 spiro atoms. The van der Waals surface area contributed by atoms with Crippen LogP contribution in [0.4, 0.5) is 5.69 Å². The molecule has 0 radical (unpaired) electrons. The van der Waals surface area contributed by atoms with Crippen LogP contribution in [0.2, 0.25) is 0 Å². The quantitative estimate of drug-likeness (QED) is 0.820. The molecule has 0 saturated carbocycles. The van der Waals surface area contributed by atoms with E-state index in [9.17, 15) is 0 Å². The Balaban J connectivity index is 2.39. The van der Waals surface area contributed by atoms with Crippen molar-refractivity contribution in [3.8, 4) is 16.2 Å². The van der Waals surface area contributed by atoms with Crippen LogP contribution < -0.4 is 10.5 Å². The Morgan fingerprint density at radius 2 is 2.00 bits per heavy atom. The second kappa shape index (κ2) is 3.67. The number of aromatic nitrogens is 1. The third-order valence-electron chi connectivity index (χ3n) is 1.95. The molecular formula is C10H10N2OS. The first-order chi connectivity index (χ1) is 6.81. The first-order valence-electron chi connectivity index (χ1n) is 4.16. The van der Waals surface area contributed by atoms with Gasteiger partial charge in [-0.05, 0) is 41.4 Å². The average Bonchev–Trinajstić information content (AvgIpc) is 2.65. The van der Waals surface area contributed by atoms with E-state index in [1.807, 2.05) is 24.3 Å².